The van der Waals surface area contributed by atoms with Crippen molar-refractivity contribution in [1.82, 2.24) is 9.88 Å². The van der Waals surface area contributed by atoms with Gasteiger partial charge in [0.05, 0.1) is 16.5 Å². The predicted octanol–water partition coefficient (Wildman–Crippen LogP) is 2.47. The van der Waals surface area contributed by atoms with E-state index in [2.05, 4.69) is 4.98 Å². The van der Waals surface area contributed by atoms with Gasteiger partial charge in [0, 0.05) is 18.3 Å². The van der Waals surface area contributed by atoms with Crippen LogP contribution >= 0.6 is 23.2 Å². The first-order valence-electron chi connectivity index (χ1n) is 6.35. The van der Waals surface area contributed by atoms with Crippen molar-refractivity contribution in [2.45, 2.75) is 31.3 Å². The lowest BCUT2D eigenvalue weighted by Gasteiger charge is -2.23. The van der Waals surface area contributed by atoms with E-state index >= 15 is 0 Å². The Morgan fingerprint density at radius 2 is 2.10 bits per heavy atom. The van der Waals surface area contributed by atoms with Gasteiger partial charge in [-0.2, -0.15) is 0 Å². The second-order valence-corrected chi connectivity index (χ2v) is 5.97. The minimum Gasteiger partial charge on any atom is -0.481 e. The molecule has 7 heteroatoms. The number of fused-ring (bicyclic) bond motifs is 2. The fourth-order valence-corrected chi connectivity index (χ4v) is 3.63. The molecule has 0 aliphatic carbocycles. The molecular weight excluding hydrogens is 303 g/mol. The van der Waals surface area contributed by atoms with E-state index in [1.165, 1.54) is 12.3 Å². The number of amides is 1. The average molecular weight is 315 g/mol. The quantitative estimate of drug-likeness (QED) is 0.851. The molecule has 2 saturated heterocycles. The third kappa shape index (κ3) is 2.05. The molecule has 3 heterocycles. The number of aliphatic carboxylic acids is 1. The highest BCUT2D eigenvalue weighted by Gasteiger charge is 2.51. The van der Waals surface area contributed by atoms with Gasteiger partial charge in [0.1, 0.15) is 5.15 Å². The lowest BCUT2D eigenvalue weighted by Crippen LogP contribution is -2.38. The standard InChI is InChI=1S/C13H12Cl2N2O3/c14-9-5-16-11(15)4-7(9)12(18)17-6-1-2-10(17)8(3-6)13(19)20/h4-6,8,10H,1-3H2,(H,19,20). The lowest BCUT2D eigenvalue weighted by atomic mass is 9.89. The van der Waals surface area contributed by atoms with Crippen molar-refractivity contribution in [1.29, 1.82) is 0 Å². The summed E-state index contributed by atoms with van der Waals surface area (Å²) in [6.45, 7) is 0. The summed E-state index contributed by atoms with van der Waals surface area (Å²) in [5, 5.41) is 9.64. The van der Waals surface area contributed by atoms with Gasteiger partial charge in [-0.15, -0.1) is 0 Å². The normalized spacial score (nSPS) is 27.9. The number of aromatic nitrogens is 1. The Balaban J connectivity index is 1.92. The van der Waals surface area contributed by atoms with Crippen molar-refractivity contribution in [3.05, 3.63) is 28.0 Å². The number of pyridine rings is 1. The summed E-state index contributed by atoms with van der Waals surface area (Å²) in [5.41, 5.74) is 0.287. The number of carbonyl (C=O) groups is 2. The summed E-state index contributed by atoms with van der Waals surface area (Å²) >= 11 is 11.8. The van der Waals surface area contributed by atoms with Crippen LogP contribution in [0.3, 0.4) is 0 Å². The Bertz CT molecular complexity index is 593. The molecule has 2 bridgehead atoms. The minimum atomic E-state index is -0.839. The molecular formula is C13H12Cl2N2O3. The molecule has 2 aliphatic rings. The molecule has 0 saturated carbocycles. The molecule has 2 aliphatic heterocycles. The molecule has 0 spiro atoms. The van der Waals surface area contributed by atoms with E-state index in [4.69, 9.17) is 23.2 Å². The van der Waals surface area contributed by atoms with Gasteiger partial charge in [-0.3, -0.25) is 9.59 Å². The van der Waals surface area contributed by atoms with Gasteiger partial charge in [0.15, 0.2) is 0 Å². The molecule has 3 unspecified atom stereocenters. The molecule has 20 heavy (non-hydrogen) atoms. The fraction of sp³-hybridized carbons (Fsp3) is 0.462. The van der Waals surface area contributed by atoms with E-state index in [0.717, 1.165) is 12.8 Å². The second kappa shape index (κ2) is 4.90. The molecule has 1 N–H and O–H groups in total. The molecule has 2 fully saturated rings. The predicted molar refractivity (Wildman–Crippen MR) is 73.0 cm³/mol. The topological polar surface area (TPSA) is 70.5 Å². The van der Waals surface area contributed by atoms with Gasteiger partial charge >= 0.3 is 5.97 Å². The smallest absolute Gasteiger partial charge is 0.308 e. The number of carboxylic acid groups (broad SMARTS) is 1. The zero-order valence-corrected chi connectivity index (χ0v) is 11.9. The number of carboxylic acids is 1. The largest absolute Gasteiger partial charge is 0.481 e. The highest BCUT2D eigenvalue weighted by Crippen LogP contribution is 2.43. The Morgan fingerprint density at radius 3 is 2.75 bits per heavy atom. The van der Waals surface area contributed by atoms with Crippen LogP contribution in [0.1, 0.15) is 29.6 Å². The number of hydrogen-bond donors (Lipinski definition) is 1. The molecule has 5 nitrogen and oxygen atoms in total. The molecule has 3 rings (SSSR count). The monoisotopic (exact) mass is 314 g/mol. The third-order valence-corrected chi connectivity index (χ3v) is 4.65. The van der Waals surface area contributed by atoms with E-state index in [-0.39, 0.29) is 33.7 Å². The van der Waals surface area contributed by atoms with E-state index in [1.807, 2.05) is 0 Å². The summed E-state index contributed by atoms with van der Waals surface area (Å²) in [7, 11) is 0. The Morgan fingerprint density at radius 1 is 1.35 bits per heavy atom. The second-order valence-electron chi connectivity index (χ2n) is 5.18. The molecule has 0 aromatic carbocycles. The van der Waals surface area contributed by atoms with E-state index < -0.39 is 11.9 Å². The van der Waals surface area contributed by atoms with E-state index in [1.54, 1.807) is 4.90 Å². The number of rotatable bonds is 2. The van der Waals surface area contributed by atoms with Gasteiger partial charge in [0.2, 0.25) is 0 Å². The zero-order chi connectivity index (χ0) is 14.4. The third-order valence-electron chi connectivity index (χ3n) is 4.14. The van der Waals surface area contributed by atoms with Crippen LogP contribution in [0.25, 0.3) is 0 Å². The van der Waals surface area contributed by atoms with Gasteiger partial charge < -0.3 is 10.0 Å². The fourth-order valence-electron chi connectivity index (χ4n) is 3.29. The van der Waals surface area contributed by atoms with Gasteiger partial charge in [-0.1, -0.05) is 23.2 Å². The maximum Gasteiger partial charge on any atom is 0.308 e. The highest BCUT2D eigenvalue weighted by molar-refractivity contribution is 6.35. The first-order valence-corrected chi connectivity index (χ1v) is 7.11. The maximum atomic E-state index is 12.6. The number of hydrogen-bond acceptors (Lipinski definition) is 3. The Labute approximate surface area is 125 Å². The lowest BCUT2D eigenvalue weighted by molar-refractivity contribution is -0.142. The Kier molecular flexibility index (Phi) is 3.34. The van der Waals surface area contributed by atoms with Crippen LogP contribution < -0.4 is 0 Å². The van der Waals surface area contributed by atoms with Crippen LogP contribution in [0.15, 0.2) is 12.3 Å². The highest BCUT2D eigenvalue weighted by atomic mass is 35.5. The molecule has 106 valence electrons. The minimum absolute atomic E-state index is 0.0170. The van der Waals surface area contributed by atoms with E-state index in [9.17, 15) is 14.7 Å². The maximum absolute atomic E-state index is 12.6. The SMILES string of the molecule is O=C(O)C1CC2CCC1N2C(=O)c1cc(Cl)ncc1Cl. The van der Waals surface area contributed by atoms with Gasteiger partial charge in [-0.05, 0) is 25.3 Å². The van der Waals surface area contributed by atoms with Crippen LogP contribution in [0.5, 0.6) is 0 Å². The molecule has 1 aromatic heterocycles. The van der Waals surface area contributed by atoms with Crippen molar-refractivity contribution in [3.8, 4) is 0 Å². The summed E-state index contributed by atoms with van der Waals surface area (Å²) < 4.78 is 0. The van der Waals surface area contributed by atoms with E-state index in [0.29, 0.717) is 6.42 Å². The van der Waals surface area contributed by atoms with Crippen molar-refractivity contribution < 1.29 is 14.7 Å². The van der Waals surface area contributed by atoms with Crippen molar-refractivity contribution in [2.24, 2.45) is 5.92 Å². The summed E-state index contributed by atoms with van der Waals surface area (Å²) in [6.07, 6.45) is 3.42. The molecule has 0 radical (unpaired) electrons. The van der Waals surface area contributed by atoms with Crippen molar-refractivity contribution in [2.75, 3.05) is 0 Å². The number of nitrogens with zero attached hydrogens (tertiary/aromatic N) is 2. The first-order chi connectivity index (χ1) is 9.49. The molecule has 1 aromatic rings. The zero-order valence-electron chi connectivity index (χ0n) is 10.4. The van der Waals surface area contributed by atoms with Crippen LogP contribution in [-0.2, 0) is 4.79 Å². The summed E-state index contributed by atoms with van der Waals surface area (Å²) in [5.74, 6) is -1.57. The molecule has 3 atom stereocenters. The number of carbonyl (C=O) groups excluding carboxylic acids is 1. The summed E-state index contributed by atoms with van der Waals surface area (Å²) in [4.78, 5) is 29.3. The van der Waals surface area contributed by atoms with Crippen molar-refractivity contribution in [3.63, 3.8) is 0 Å². The van der Waals surface area contributed by atoms with Gasteiger partial charge in [-0.25, -0.2) is 4.98 Å². The van der Waals surface area contributed by atoms with Crippen LogP contribution in [0.2, 0.25) is 10.2 Å². The molecule has 1 amide bonds. The average Bonchev–Trinajstić information content (AvgIpc) is 2.98. The van der Waals surface area contributed by atoms with Gasteiger partial charge in [0.25, 0.3) is 5.91 Å². The Hall–Kier alpha value is -1.33. The van der Waals surface area contributed by atoms with Crippen LogP contribution in [-0.4, -0.2) is 39.0 Å². The first kappa shape index (κ1) is 13.6. The summed E-state index contributed by atoms with van der Waals surface area (Å²) in [6, 6.07) is 1.17. The van der Waals surface area contributed by atoms with Crippen LogP contribution in [0.4, 0.5) is 0 Å². The van der Waals surface area contributed by atoms with Crippen molar-refractivity contribution >= 4 is 35.1 Å². The number of halogens is 2. The van der Waals surface area contributed by atoms with Crippen LogP contribution in [0, 0.1) is 5.92 Å².